The van der Waals surface area contributed by atoms with Crippen LogP contribution in [0.25, 0.3) is 10.6 Å². The van der Waals surface area contributed by atoms with Gasteiger partial charge in [-0.2, -0.15) is 5.10 Å². The monoisotopic (exact) mass is 381 g/mol. The third kappa shape index (κ3) is 3.65. The van der Waals surface area contributed by atoms with E-state index < -0.39 is 0 Å². The summed E-state index contributed by atoms with van der Waals surface area (Å²) >= 11 is 1.48. The van der Waals surface area contributed by atoms with E-state index in [1.54, 1.807) is 10.9 Å². The van der Waals surface area contributed by atoms with Gasteiger partial charge in [0, 0.05) is 43.8 Å². The van der Waals surface area contributed by atoms with Crippen LogP contribution in [0, 0.1) is 0 Å². The second-order valence-electron chi connectivity index (χ2n) is 6.75. The normalized spacial score (nSPS) is 17.3. The molecule has 0 bridgehead atoms. The predicted octanol–water partition coefficient (Wildman–Crippen LogP) is 2.89. The molecule has 1 N–H and O–H groups in total. The van der Waals surface area contributed by atoms with Crippen molar-refractivity contribution in [3.63, 3.8) is 0 Å². The molecule has 1 amide bonds. The first-order chi connectivity index (χ1) is 13.2. The average molecular weight is 382 g/mol. The van der Waals surface area contributed by atoms with Gasteiger partial charge in [-0.05, 0) is 17.5 Å². The van der Waals surface area contributed by atoms with Gasteiger partial charge in [-0.3, -0.25) is 9.48 Å². The Bertz CT molecular complexity index is 930. The van der Waals surface area contributed by atoms with Crippen LogP contribution >= 0.6 is 11.3 Å². The first-order valence-corrected chi connectivity index (χ1v) is 10.1. The van der Waals surface area contributed by atoms with E-state index >= 15 is 0 Å². The molecule has 0 saturated carbocycles. The quantitative estimate of drug-likeness (QED) is 0.755. The zero-order valence-electron chi connectivity index (χ0n) is 15.6. The lowest BCUT2D eigenvalue weighted by molar-refractivity contribution is 0.0629. The summed E-state index contributed by atoms with van der Waals surface area (Å²) < 4.78 is 1.74. The highest BCUT2D eigenvalue weighted by Gasteiger charge is 2.30. The second-order valence-corrected chi connectivity index (χ2v) is 7.61. The van der Waals surface area contributed by atoms with Crippen molar-refractivity contribution in [3.8, 4) is 10.6 Å². The van der Waals surface area contributed by atoms with Gasteiger partial charge in [0.1, 0.15) is 10.7 Å². The van der Waals surface area contributed by atoms with Crippen LogP contribution in [0.1, 0.15) is 34.6 Å². The molecule has 6 nitrogen and oxygen atoms in total. The molecule has 7 heteroatoms. The molecule has 1 aromatic carbocycles. The Kier molecular flexibility index (Phi) is 5.05. The standard InChI is InChI=1S/C20H23N5OS/c1-3-14-4-6-15(7-5-14)18-11-21-8-9-25(18)20(26)17-13-27-19(23-17)16-10-22-24(2)12-16/h4-7,10,12-13,18,21H,3,8-9,11H2,1-2H3. The molecular formula is C20H23N5OS. The van der Waals surface area contributed by atoms with Crippen molar-refractivity contribution in [1.29, 1.82) is 0 Å². The summed E-state index contributed by atoms with van der Waals surface area (Å²) in [5.41, 5.74) is 3.92. The number of hydrogen-bond acceptors (Lipinski definition) is 5. The number of aryl methyl sites for hydroxylation is 2. The molecule has 2 aromatic heterocycles. The van der Waals surface area contributed by atoms with Gasteiger partial charge >= 0.3 is 0 Å². The smallest absolute Gasteiger partial charge is 0.273 e. The minimum atomic E-state index is -0.00698. The van der Waals surface area contributed by atoms with Crippen molar-refractivity contribution in [2.24, 2.45) is 7.05 Å². The van der Waals surface area contributed by atoms with Gasteiger partial charge < -0.3 is 10.2 Å². The number of amides is 1. The molecule has 3 aromatic rings. The number of piperazine rings is 1. The maximum absolute atomic E-state index is 13.2. The zero-order valence-corrected chi connectivity index (χ0v) is 16.4. The summed E-state index contributed by atoms with van der Waals surface area (Å²) in [6.45, 7) is 4.39. The van der Waals surface area contributed by atoms with Crippen LogP contribution in [0.15, 0.2) is 42.0 Å². The summed E-state index contributed by atoms with van der Waals surface area (Å²) in [5.74, 6) is -0.00698. The predicted molar refractivity (Wildman–Crippen MR) is 107 cm³/mol. The van der Waals surface area contributed by atoms with E-state index in [0.29, 0.717) is 12.2 Å². The van der Waals surface area contributed by atoms with E-state index in [-0.39, 0.29) is 11.9 Å². The van der Waals surface area contributed by atoms with Gasteiger partial charge in [0.2, 0.25) is 0 Å². The summed E-state index contributed by atoms with van der Waals surface area (Å²) in [4.78, 5) is 19.7. The van der Waals surface area contributed by atoms with E-state index in [0.717, 1.165) is 35.6 Å². The fourth-order valence-corrected chi connectivity index (χ4v) is 4.17. The Morgan fingerprint density at radius 1 is 1.33 bits per heavy atom. The van der Waals surface area contributed by atoms with Crippen LogP contribution in [0.2, 0.25) is 0 Å². The number of nitrogens with one attached hydrogen (secondary N) is 1. The highest BCUT2D eigenvalue weighted by molar-refractivity contribution is 7.13. The molecule has 140 valence electrons. The highest BCUT2D eigenvalue weighted by atomic mass is 32.1. The van der Waals surface area contributed by atoms with E-state index in [1.165, 1.54) is 16.9 Å². The van der Waals surface area contributed by atoms with Crippen molar-refractivity contribution >= 4 is 17.2 Å². The van der Waals surface area contributed by atoms with Gasteiger partial charge in [-0.25, -0.2) is 4.98 Å². The number of carbonyl (C=O) groups is 1. The summed E-state index contributed by atoms with van der Waals surface area (Å²) in [6, 6.07) is 8.60. The minimum Gasteiger partial charge on any atom is -0.328 e. The summed E-state index contributed by atoms with van der Waals surface area (Å²) in [7, 11) is 1.87. The maximum atomic E-state index is 13.2. The third-order valence-corrected chi connectivity index (χ3v) is 5.84. The largest absolute Gasteiger partial charge is 0.328 e. The molecule has 1 unspecified atom stereocenters. The van der Waals surface area contributed by atoms with Crippen molar-refractivity contribution < 1.29 is 4.79 Å². The van der Waals surface area contributed by atoms with Crippen molar-refractivity contribution in [3.05, 3.63) is 58.9 Å². The van der Waals surface area contributed by atoms with Crippen molar-refractivity contribution in [2.75, 3.05) is 19.6 Å². The van der Waals surface area contributed by atoms with Crippen LogP contribution in [-0.2, 0) is 13.5 Å². The van der Waals surface area contributed by atoms with E-state index in [9.17, 15) is 4.79 Å². The Labute approximate surface area is 162 Å². The molecule has 1 saturated heterocycles. The lowest BCUT2D eigenvalue weighted by atomic mass is 10.0. The number of nitrogens with zero attached hydrogens (tertiary/aromatic N) is 4. The van der Waals surface area contributed by atoms with Gasteiger partial charge in [0.05, 0.1) is 12.2 Å². The van der Waals surface area contributed by atoms with Gasteiger partial charge in [-0.15, -0.1) is 11.3 Å². The second kappa shape index (κ2) is 7.62. The molecule has 1 atom stereocenters. The fraction of sp³-hybridized carbons (Fsp3) is 0.350. The van der Waals surface area contributed by atoms with Gasteiger partial charge in [-0.1, -0.05) is 31.2 Å². The molecule has 1 fully saturated rings. The molecule has 27 heavy (non-hydrogen) atoms. The van der Waals surface area contributed by atoms with Crippen molar-refractivity contribution in [2.45, 2.75) is 19.4 Å². The number of thiazole rings is 1. The average Bonchev–Trinajstić information content (AvgIpc) is 3.36. The number of carbonyl (C=O) groups excluding carboxylic acids is 1. The fourth-order valence-electron chi connectivity index (χ4n) is 3.40. The number of aromatic nitrogens is 3. The summed E-state index contributed by atoms with van der Waals surface area (Å²) in [5, 5.41) is 10.3. The molecule has 1 aliphatic rings. The minimum absolute atomic E-state index is 0.00698. The molecule has 1 aliphatic heterocycles. The van der Waals surface area contributed by atoms with Crippen LogP contribution in [-0.4, -0.2) is 45.2 Å². The third-order valence-electron chi connectivity index (χ3n) is 4.95. The van der Waals surface area contributed by atoms with Crippen molar-refractivity contribution in [1.82, 2.24) is 25.0 Å². The Morgan fingerprint density at radius 3 is 2.85 bits per heavy atom. The molecule has 3 heterocycles. The molecule has 4 rings (SSSR count). The number of benzene rings is 1. The number of rotatable bonds is 4. The molecule has 0 aliphatic carbocycles. The highest BCUT2D eigenvalue weighted by Crippen LogP contribution is 2.27. The zero-order chi connectivity index (χ0) is 18.8. The Balaban J connectivity index is 1.58. The summed E-state index contributed by atoms with van der Waals surface area (Å²) in [6.07, 6.45) is 4.70. The van der Waals surface area contributed by atoms with E-state index in [2.05, 4.69) is 46.6 Å². The van der Waals surface area contributed by atoms with Crippen LogP contribution in [0.4, 0.5) is 0 Å². The maximum Gasteiger partial charge on any atom is 0.273 e. The van der Waals surface area contributed by atoms with Gasteiger partial charge in [0.25, 0.3) is 5.91 Å². The lowest BCUT2D eigenvalue weighted by Crippen LogP contribution is -2.48. The SMILES string of the molecule is CCc1ccc(C2CNCCN2C(=O)c2csc(-c3cnn(C)c3)n2)cc1. The van der Waals surface area contributed by atoms with Crippen LogP contribution < -0.4 is 5.32 Å². The Hall–Kier alpha value is -2.51. The lowest BCUT2D eigenvalue weighted by Gasteiger charge is -2.36. The molecule has 0 radical (unpaired) electrons. The topological polar surface area (TPSA) is 63.1 Å². The van der Waals surface area contributed by atoms with E-state index in [4.69, 9.17) is 0 Å². The van der Waals surface area contributed by atoms with E-state index in [1.807, 2.05) is 23.5 Å². The molecule has 0 spiro atoms. The number of hydrogen-bond donors (Lipinski definition) is 1. The molecular weight excluding hydrogens is 358 g/mol. The first-order valence-electron chi connectivity index (χ1n) is 9.20. The first kappa shape index (κ1) is 17.9. The van der Waals surface area contributed by atoms with Gasteiger partial charge in [0.15, 0.2) is 0 Å². The van der Waals surface area contributed by atoms with Crippen LogP contribution in [0.5, 0.6) is 0 Å². The van der Waals surface area contributed by atoms with Crippen LogP contribution in [0.3, 0.4) is 0 Å². The Morgan fingerprint density at radius 2 is 2.15 bits per heavy atom.